The quantitative estimate of drug-likeness (QED) is 0.403. The van der Waals surface area contributed by atoms with E-state index in [-0.39, 0.29) is 17.4 Å². The van der Waals surface area contributed by atoms with E-state index in [0.717, 1.165) is 39.7 Å². The number of aromatic hydroxyl groups is 1. The summed E-state index contributed by atoms with van der Waals surface area (Å²) < 4.78 is 8.66. The highest BCUT2D eigenvalue weighted by molar-refractivity contribution is 9.10. The number of rotatable bonds is 3. The van der Waals surface area contributed by atoms with Gasteiger partial charge in [-0.3, -0.25) is 9.36 Å². The lowest BCUT2D eigenvalue weighted by Gasteiger charge is -2.30. The maximum Gasteiger partial charge on any atom is 0.271 e. The van der Waals surface area contributed by atoms with Crippen LogP contribution in [0.3, 0.4) is 0 Å². The fourth-order valence-corrected chi connectivity index (χ4v) is 6.17. The number of phenolic OH excluding ortho intramolecular Hbond substituents is 1. The first-order valence-electron chi connectivity index (χ1n) is 11.3. The molecule has 0 unspecified atom stereocenters. The van der Waals surface area contributed by atoms with Crippen molar-refractivity contribution in [2.45, 2.75) is 18.9 Å². The van der Waals surface area contributed by atoms with Gasteiger partial charge in [0.25, 0.3) is 5.56 Å². The largest absolute Gasteiger partial charge is 0.504 e. The van der Waals surface area contributed by atoms with Crippen LogP contribution in [0, 0.1) is 0 Å². The molecule has 2 heterocycles. The fourth-order valence-electron chi connectivity index (χ4n) is 4.90. The Morgan fingerprint density at radius 1 is 1.11 bits per heavy atom. The van der Waals surface area contributed by atoms with Gasteiger partial charge in [0.1, 0.15) is 0 Å². The number of hydrogen-bond donors (Lipinski definition) is 1. The predicted molar refractivity (Wildman–Crippen MR) is 142 cm³/mol. The van der Waals surface area contributed by atoms with Crippen LogP contribution in [0.4, 0.5) is 0 Å². The van der Waals surface area contributed by atoms with Gasteiger partial charge >= 0.3 is 0 Å². The number of nitrogens with zero attached hydrogens (tertiary/aromatic N) is 2. The topological polar surface area (TPSA) is 63.8 Å². The predicted octanol–water partition coefficient (Wildman–Crippen LogP) is 4.80. The summed E-state index contributed by atoms with van der Waals surface area (Å²) in [5.41, 5.74) is 6.37. The van der Waals surface area contributed by atoms with Crippen molar-refractivity contribution in [1.82, 2.24) is 4.57 Å². The lowest BCUT2D eigenvalue weighted by atomic mass is 9.83. The Kier molecular flexibility index (Phi) is 5.46. The SMILES string of the molecule is COc1cc(/C=c2\sc3n(c2=O)[C@H](c2ccc(Br)cc2)C2=C(N=3)c3ccccc3CC2)ccc1O. The van der Waals surface area contributed by atoms with Gasteiger partial charge in [0.2, 0.25) is 0 Å². The second-order valence-electron chi connectivity index (χ2n) is 8.60. The number of benzene rings is 3. The molecular weight excluding hydrogens is 524 g/mol. The van der Waals surface area contributed by atoms with Gasteiger partial charge in [-0.15, -0.1) is 0 Å². The van der Waals surface area contributed by atoms with Crippen molar-refractivity contribution in [3.63, 3.8) is 0 Å². The highest BCUT2D eigenvalue weighted by atomic mass is 79.9. The molecule has 0 saturated heterocycles. The molecule has 35 heavy (non-hydrogen) atoms. The van der Waals surface area contributed by atoms with Crippen LogP contribution in [0.15, 0.2) is 86.6 Å². The van der Waals surface area contributed by atoms with Crippen molar-refractivity contribution < 1.29 is 9.84 Å². The molecular formula is C28H21BrN2O3S. The molecule has 0 saturated carbocycles. The first-order valence-corrected chi connectivity index (χ1v) is 12.9. The number of phenols is 1. The molecule has 0 fully saturated rings. The lowest BCUT2D eigenvalue weighted by molar-refractivity contribution is 0.373. The lowest BCUT2D eigenvalue weighted by Crippen LogP contribution is -2.38. The number of thiazole rings is 1. The van der Waals surface area contributed by atoms with Crippen LogP contribution in [0.5, 0.6) is 11.5 Å². The molecule has 7 heteroatoms. The smallest absolute Gasteiger partial charge is 0.271 e. The molecule has 0 amide bonds. The molecule has 0 radical (unpaired) electrons. The van der Waals surface area contributed by atoms with Gasteiger partial charge in [-0.05, 0) is 65.4 Å². The van der Waals surface area contributed by atoms with Crippen LogP contribution in [0.2, 0.25) is 0 Å². The van der Waals surface area contributed by atoms with E-state index in [1.807, 2.05) is 28.8 Å². The summed E-state index contributed by atoms with van der Waals surface area (Å²) in [7, 11) is 1.51. The number of ether oxygens (including phenoxy) is 1. The van der Waals surface area contributed by atoms with Crippen molar-refractivity contribution in [1.29, 1.82) is 0 Å². The molecule has 174 valence electrons. The molecule has 1 aliphatic carbocycles. The summed E-state index contributed by atoms with van der Waals surface area (Å²) >= 11 is 4.92. The summed E-state index contributed by atoms with van der Waals surface area (Å²) in [5.74, 6) is 0.430. The van der Waals surface area contributed by atoms with Crippen LogP contribution in [-0.4, -0.2) is 16.8 Å². The van der Waals surface area contributed by atoms with E-state index >= 15 is 0 Å². The Hall–Kier alpha value is -3.42. The molecule has 6 rings (SSSR count). The van der Waals surface area contributed by atoms with E-state index in [4.69, 9.17) is 9.73 Å². The number of fused-ring (bicyclic) bond motifs is 3. The number of halogens is 1. The molecule has 4 aromatic rings. The van der Waals surface area contributed by atoms with E-state index in [0.29, 0.717) is 15.1 Å². The minimum Gasteiger partial charge on any atom is -0.504 e. The number of allylic oxidation sites excluding steroid dienone is 1. The summed E-state index contributed by atoms with van der Waals surface area (Å²) in [4.78, 5) is 19.5. The van der Waals surface area contributed by atoms with Crippen LogP contribution < -0.4 is 19.6 Å². The van der Waals surface area contributed by atoms with E-state index in [9.17, 15) is 9.90 Å². The number of aryl methyl sites for hydroxylation is 1. The Bertz CT molecular complexity index is 1680. The zero-order valence-corrected chi connectivity index (χ0v) is 21.3. The van der Waals surface area contributed by atoms with Gasteiger partial charge in [-0.2, -0.15) is 0 Å². The average molecular weight is 545 g/mol. The monoisotopic (exact) mass is 544 g/mol. The Labute approximate surface area is 214 Å². The Morgan fingerprint density at radius 3 is 2.71 bits per heavy atom. The average Bonchev–Trinajstić information content (AvgIpc) is 3.19. The molecule has 5 nitrogen and oxygen atoms in total. The summed E-state index contributed by atoms with van der Waals surface area (Å²) in [6, 6.07) is 21.5. The molecule has 1 aliphatic heterocycles. The van der Waals surface area contributed by atoms with Gasteiger partial charge < -0.3 is 9.84 Å². The maximum atomic E-state index is 13.8. The van der Waals surface area contributed by atoms with Gasteiger partial charge in [-0.1, -0.05) is 69.7 Å². The zero-order valence-electron chi connectivity index (χ0n) is 18.9. The standard InChI is InChI=1S/C28H21BrN2O3S/c1-34-23-14-16(6-13-22(23)32)15-24-27(33)31-26(18-7-10-19(29)11-8-18)21-12-9-17-4-2-3-5-20(17)25(21)30-28(31)35-24/h2-8,10-11,13-15,26,32H,9,12H2,1H3/b24-15-/t26-/m1/s1. The highest BCUT2D eigenvalue weighted by Gasteiger charge is 2.32. The third-order valence-corrected chi connectivity index (χ3v) is 8.07. The van der Waals surface area contributed by atoms with Crippen molar-refractivity contribution in [3.8, 4) is 11.5 Å². The second-order valence-corrected chi connectivity index (χ2v) is 10.5. The van der Waals surface area contributed by atoms with Gasteiger partial charge in [0.05, 0.1) is 23.4 Å². The number of methoxy groups -OCH3 is 1. The molecule has 0 spiro atoms. The van der Waals surface area contributed by atoms with E-state index < -0.39 is 0 Å². The third kappa shape index (κ3) is 3.75. The molecule has 2 aliphatic rings. The van der Waals surface area contributed by atoms with Crippen LogP contribution in [0.1, 0.15) is 34.7 Å². The van der Waals surface area contributed by atoms with E-state index in [1.165, 1.54) is 29.6 Å². The van der Waals surface area contributed by atoms with E-state index in [1.54, 1.807) is 18.2 Å². The highest BCUT2D eigenvalue weighted by Crippen LogP contribution is 2.41. The summed E-state index contributed by atoms with van der Waals surface area (Å²) in [5, 5.41) is 9.94. The molecule has 0 bridgehead atoms. The van der Waals surface area contributed by atoms with Crippen LogP contribution in [-0.2, 0) is 6.42 Å². The minimum absolute atomic E-state index is 0.0627. The van der Waals surface area contributed by atoms with Gasteiger partial charge in [0.15, 0.2) is 16.3 Å². The van der Waals surface area contributed by atoms with Crippen molar-refractivity contribution in [2.75, 3.05) is 7.11 Å². The molecule has 1 atom stereocenters. The molecule has 3 aromatic carbocycles. The Morgan fingerprint density at radius 2 is 1.91 bits per heavy atom. The van der Waals surface area contributed by atoms with E-state index in [2.05, 4.69) is 46.3 Å². The van der Waals surface area contributed by atoms with Crippen LogP contribution >= 0.6 is 27.3 Å². The van der Waals surface area contributed by atoms with Crippen molar-refractivity contribution >= 4 is 39.0 Å². The zero-order chi connectivity index (χ0) is 24.1. The van der Waals surface area contributed by atoms with Crippen LogP contribution in [0.25, 0.3) is 11.8 Å². The third-order valence-electron chi connectivity index (χ3n) is 6.56. The minimum atomic E-state index is -0.209. The summed E-state index contributed by atoms with van der Waals surface area (Å²) in [6.07, 6.45) is 3.62. The molecule has 1 aromatic heterocycles. The second kappa shape index (κ2) is 8.66. The fraction of sp³-hybridized carbons (Fsp3) is 0.143. The number of hydrogen-bond acceptors (Lipinski definition) is 5. The normalized spacial score (nSPS) is 16.9. The first-order chi connectivity index (χ1) is 17.0. The number of aromatic nitrogens is 1. The summed E-state index contributed by atoms with van der Waals surface area (Å²) in [6.45, 7) is 0. The molecule has 1 N–H and O–H groups in total. The van der Waals surface area contributed by atoms with Crippen molar-refractivity contribution in [2.24, 2.45) is 4.99 Å². The first kappa shape index (κ1) is 22.1. The maximum absolute atomic E-state index is 13.8. The van der Waals surface area contributed by atoms with Gasteiger partial charge in [0, 0.05) is 10.0 Å². The van der Waals surface area contributed by atoms with Gasteiger partial charge in [-0.25, -0.2) is 4.99 Å². The van der Waals surface area contributed by atoms with Crippen molar-refractivity contribution in [3.05, 3.63) is 119 Å². The Balaban J connectivity index is 1.60.